The normalized spacial score (nSPS) is 29.9. The van der Waals surface area contributed by atoms with Gasteiger partial charge in [0.25, 0.3) is 0 Å². The van der Waals surface area contributed by atoms with Crippen LogP contribution in [0.4, 0.5) is 0 Å². The van der Waals surface area contributed by atoms with Crippen molar-refractivity contribution in [1.29, 1.82) is 0 Å². The van der Waals surface area contributed by atoms with Crippen LogP contribution < -0.4 is 0 Å². The summed E-state index contributed by atoms with van der Waals surface area (Å²) in [5, 5.41) is 0. The first-order valence-electron chi connectivity index (χ1n) is 8.55. The molecule has 0 aliphatic carbocycles. The smallest absolute Gasteiger partial charge is 0.226 e. The molecule has 2 fully saturated rings. The molecule has 0 aromatic carbocycles. The van der Waals surface area contributed by atoms with Crippen LogP contribution >= 0.6 is 0 Å². The van der Waals surface area contributed by atoms with Gasteiger partial charge in [-0.05, 0) is 51.5 Å². The zero-order chi connectivity index (χ0) is 14.7. The average molecular weight is 280 g/mol. The summed E-state index contributed by atoms with van der Waals surface area (Å²) in [5.41, 5.74) is 0. The van der Waals surface area contributed by atoms with Gasteiger partial charge in [0.2, 0.25) is 5.91 Å². The van der Waals surface area contributed by atoms with Gasteiger partial charge in [-0.15, -0.1) is 0 Å². The highest BCUT2D eigenvalue weighted by atomic mass is 16.2. The number of piperidine rings is 2. The Bertz CT molecular complexity index is 321. The highest BCUT2D eigenvalue weighted by Gasteiger charge is 2.35. The minimum Gasteiger partial charge on any atom is -0.342 e. The van der Waals surface area contributed by atoms with E-state index in [0.717, 1.165) is 38.5 Å². The maximum atomic E-state index is 12.7. The van der Waals surface area contributed by atoms with Crippen molar-refractivity contribution >= 4 is 5.91 Å². The molecule has 0 spiro atoms. The Hall–Kier alpha value is -0.570. The maximum Gasteiger partial charge on any atom is 0.226 e. The van der Waals surface area contributed by atoms with Crippen LogP contribution in [-0.2, 0) is 4.79 Å². The summed E-state index contributed by atoms with van der Waals surface area (Å²) in [6.07, 6.45) is 4.74. The fourth-order valence-corrected chi connectivity index (χ4v) is 3.81. The molecule has 0 aromatic rings. The standard InChI is InChI=1S/C17H32N2O/c1-5-15-6-9-18(10-7-15)17(20)16-8-11-19(13(2)3)12-14(16)4/h13-16H,5-12H2,1-4H3. The second-order valence-electron chi connectivity index (χ2n) is 7.14. The maximum absolute atomic E-state index is 12.7. The minimum absolute atomic E-state index is 0.267. The monoisotopic (exact) mass is 280 g/mol. The van der Waals surface area contributed by atoms with Crippen molar-refractivity contribution in [2.75, 3.05) is 26.2 Å². The van der Waals surface area contributed by atoms with E-state index in [9.17, 15) is 4.79 Å². The minimum atomic E-state index is 0.267. The molecule has 1 amide bonds. The third kappa shape index (κ3) is 3.55. The summed E-state index contributed by atoms with van der Waals surface area (Å²) < 4.78 is 0. The van der Waals surface area contributed by atoms with Crippen molar-refractivity contribution in [2.24, 2.45) is 17.8 Å². The molecular formula is C17H32N2O. The van der Waals surface area contributed by atoms with Crippen LogP contribution in [0.25, 0.3) is 0 Å². The lowest BCUT2D eigenvalue weighted by molar-refractivity contribution is -0.140. The molecule has 20 heavy (non-hydrogen) atoms. The molecule has 0 saturated carbocycles. The number of hydrogen-bond donors (Lipinski definition) is 0. The number of rotatable bonds is 3. The summed E-state index contributed by atoms with van der Waals surface area (Å²) in [7, 11) is 0. The first-order chi connectivity index (χ1) is 9.52. The summed E-state index contributed by atoms with van der Waals surface area (Å²) in [4.78, 5) is 17.4. The van der Waals surface area contributed by atoms with Gasteiger partial charge in [-0.25, -0.2) is 0 Å². The molecule has 2 heterocycles. The van der Waals surface area contributed by atoms with E-state index in [-0.39, 0.29) is 5.92 Å². The van der Waals surface area contributed by atoms with Crippen LogP contribution in [0, 0.1) is 17.8 Å². The van der Waals surface area contributed by atoms with E-state index in [1.165, 1.54) is 19.3 Å². The first kappa shape index (κ1) is 15.8. The molecule has 2 aliphatic heterocycles. The summed E-state index contributed by atoms with van der Waals surface area (Å²) in [5.74, 6) is 2.06. The topological polar surface area (TPSA) is 23.6 Å². The van der Waals surface area contributed by atoms with Crippen LogP contribution in [0.3, 0.4) is 0 Å². The Morgan fingerprint density at radius 2 is 1.80 bits per heavy atom. The van der Waals surface area contributed by atoms with Crippen LogP contribution in [-0.4, -0.2) is 47.9 Å². The van der Waals surface area contributed by atoms with Gasteiger partial charge >= 0.3 is 0 Å². The predicted molar refractivity (Wildman–Crippen MR) is 83.6 cm³/mol. The van der Waals surface area contributed by atoms with Gasteiger partial charge in [-0.3, -0.25) is 4.79 Å². The Morgan fingerprint density at radius 1 is 1.15 bits per heavy atom. The number of hydrogen-bond acceptors (Lipinski definition) is 2. The zero-order valence-corrected chi connectivity index (χ0v) is 13.8. The molecule has 3 nitrogen and oxygen atoms in total. The number of nitrogens with zero attached hydrogens (tertiary/aromatic N) is 2. The summed E-state index contributed by atoms with van der Waals surface area (Å²) >= 11 is 0. The van der Waals surface area contributed by atoms with E-state index in [0.29, 0.717) is 17.9 Å². The van der Waals surface area contributed by atoms with Crippen molar-refractivity contribution < 1.29 is 4.79 Å². The molecule has 0 radical (unpaired) electrons. The largest absolute Gasteiger partial charge is 0.342 e. The summed E-state index contributed by atoms with van der Waals surface area (Å²) in [6, 6.07) is 0.605. The molecular weight excluding hydrogens is 248 g/mol. The number of carbonyl (C=O) groups is 1. The van der Waals surface area contributed by atoms with Gasteiger partial charge < -0.3 is 9.80 Å². The third-order valence-electron chi connectivity index (χ3n) is 5.49. The van der Waals surface area contributed by atoms with Gasteiger partial charge in [0.05, 0.1) is 0 Å². The van der Waals surface area contributed by atoms with E-state index < -0.39 is 0 Å². The lowest BCUT2D eigenvalue weighted by Crippen LogP contribution is -2.50. The van der Waals surface area contributed by atoms with Gasteiger partial charge in [0.1, 0.15) is 0 Å². The summed E-state index contributed by atoms with van der Waals surface area (Å²) in [6.45, 7) is 13.2. The lowest BCUT2D eigenvalue weighted by Gasteiger charge is -2.41. The van der Waals surface area contributed by atoms with E-state index in [4.69, 9.17) is 0 Å². The van der Waals surface area contributed by atoms with Gasteiger partial charge in [-0.1, -0.05) is 20.3 Å². The van der Waals surface area contributed by atoms with Crippen molar-refractivity contribution in [2.45, 2.75) is 59.4 Å². The van der Waals surface area contributed by atoms with E-state index in [2.05, 4.69) is 37.5 Å². The zero-order valence-electron chi connectivity index (χ0n) is 13.8. The Balaban J connectivity index is 1.87. The Labute approximate surface area is 124 Å². The van der Waals surface area contributed by atoms with Crippen molar-refractivity contribution in [3.05, 3.63) is 0 Å². The fraction of sp³-hybridized carbons (Fsp3) is 0.941. The molecule has 0 aromatic heterocycles. The van der Waals surface area contributed by atoms with Crippen molar-refractivity contribution in [1.82, 2.24) is 9.80 Å². The molecule has 2 rings (SSSR count). The molecule has 2 saturated heterocycles. The van der Waals surface area contributed by atoms with E-state index in [1.54, 1.807) is 0 Å². The molecule has 2 atom stereocenters. The second kappa shape index (κ2) is 6.93. The first-order valence-corrected chi connectivity index (χ1v) is 8.55. The van der Waals surface area contributed by atoms with Crippen LogP contribution in [0.1, 0.15) is 53.4 Å². The number of amides is 1. The fourth-order valence-electron chi connectivity index (χ4n) is 3.81. The van der Waals surface area contributed by atoms with Crippen LogP contribution in [0.2, 0.25) is 0 Å². The molecule has 2 aliphatic rings. The molecule has 116 valence electrons. The van der Waals surface area contributed by atoms with Gasteiger partial charge in [-0.2, -0.15) is 0 Å². The predicted octanol–water partition coefficient (Wildman–Crippen LogP) is 3.00. The van der Waals surface area contributed by atoms with Crippen LogP contribution in [0.15, 0.2) is 0 Å². The SMILES string of the molecule is CCC1CCN(C(=O)C2CCN(C(C)C)CC2C)CC1. The third-order valence-corrected chi connectivity index (χ3v) is 5.49. The molecule has 0 bridgehead atoms. The number of carbonyl (C=O) groups excluding carboxylic acids is 1. The quantitative estimate of drug-likeness (QED) is 0.793. The molecule has 3 heteroatoms. The van der Waals surface area contributed by atoms with E-state index >= 15 is 0 Å². The second-order valence-corrected chi connectivity index (χ2v) is 7.14. The van der Waals surface area contributed by atoms with Crippen LogP contribution in [0.5, 0.6) is 0 Å². The number of likely N-dealkylation sites (tertiary alicyclic amines) is 2. The molecule has 2 unspecified atom stereocenters. The average Bonchev–Trinajstić information content (AvgIpc) is 2.46. The Morgan fingerprint density at radius 3 is 2.30 bits per heavy atom. The highest BCUT2D eigenvalue weighted by Crippen LogP contribution is 2.28. The Kier molecular flexibility index (Phi) is 5.48. The van der Waals surface area contributed by atoms with E-state index in [1.807, 2.05) is 0 Å². The van der Waals surface area contributed by atoms with Gasteiger partial charge in [0, 0.05) is 31.6 Å². The van der Waals surface area contributed by atoms with Crippen molar-refractivity contribution in [3.8, 4) is 0 Å². The lowest BCUT2D eigenvalue weighted by atomic mass is 9.84. The highest BCUT2D eigenvalue weighted by molar-refractivity contribution is 5.79. The van der Waals surface area contributed by atoms with Crippen molar-refractivity contribution in [3.63, 3.8) is 0 Å². The van der Waals surface area contributed by atoms with Gasteiger partial charge in [0.15, 0.2) is 0 Å². The molecule has 0 N–H and O–H groups in total.